The molecule has 0 unspecified atom stereocenters. The summed E-state index contributed by atoms with van der Waals surface area (Å²) in [6.07, 6.45) is 0.127. The van der Waals surface area contributed by atoms with Crippen molar-refractivity contribution in [3.8, 4) is 11.1 Å². The maximum absolute atomic E-state index is 12.5. The minimum Gasteiger partial charge on any atom is -0.466 e. The van der Waals surface area contributed by atoms with Gasteiger partial charge in [0, 0.05) is 12.5 Å². The van der Waals surface area contributed by atoms with Gasteiger partial charge in [-0.25, -0.2) is 4.79 Å². The van der Waals surface area contributed by atoms with E-state index in [0.717, 1.165) is 6.54 Å². The topological polar surface area (TPSA) is 76.7 Å². The van der Waals surface area contributed by atoms with Crippen LogP contribution in [0.4, 0.5) is 4.79 Å². The van der Waals surface area contributed by atoms with E-state index in [1.54, 1.807) is 6.92 Å². The van der Waals surface area contributed by atoms with E-state index < -0.39 is 6.09 Å². The van der Waals surface area contributed by atoms with Crippen LogP contribution in [0.2, 0.25) is 0 Å². The summed E-state index contributed by atoms with van der Waals surface area (Å²) in [6, 6.07) is 16.1. The van der Waals surface area contributed by atoms with E-state index in [1.165, 1.54) is 22.3 Å². The summed E-state index contributed by atoms with van der Waals surface area (Å²) in [5.41, 5.74) is 4.72. The van der Waals surface area contributed by atoms with Crippen LogP contribution >= 0.6 is 0 Å². The van der Waals surface area contributed by atoms with E-state index in [0.29, 0.717) is 19.6 Å². The van der Waals surface area contributed by atoms with Crippen molar-refractivity contribution in [1.82, 2.24) is 10.6 Å². The van der Waals surface area contributed by atoms with Crippen LogP contribution in [-0.4, -0.2) is 44.4 Å². The van der Waals surface area contributed by atoms with Crippen molar-refractivity contribution in [2.45, 2.75) is 25.3 Å². The fraction of sp³-hybridized carbons (Fsp3) is 0.391. The lowest BCUT2D eigenvalue weighted by atomic mass is 9.93. The molecular weight excluding hydrogens is 368 g/mol. The quantitative estimate of drug-likeness (QED) is 0.763. The summed E-state index contributed by atoms with van der Waals surface area (Å²) in [4.78, 5) is 24.7. The van der Waals surface area contributed by atoms with E-state index in [4.69, 9.17) is 9.47 Å². The number of hydrogen-bond acceptors (Lipinski definition) is 5. The Labute approximate surface area is 170 Å². The minimum atomic E-state index is -0.505. The first-order valence-electron chi connectivity index (χ1n) is 10.2. The lowest BCUT2D eigenvalue weighted by Crippen LogP contribution is -2.53. The fourth-order valence-electron chi connectivity index (χ4n) is 4.33. The SMILES string of the molecule is CCOC(=O)[C@@H]1CCNC[C@@H]1NC(=O)OCC1c2ccccc2-c2ccccc21. The van der Waals surface area contributed by atoms with Crippen LogP contribution in [-0.2, 0) is 14.3 Å². The van der Waals surface area contributed by atoms with Gasteiger partial charge < -0.3 is 20.1 Å². The summed E-state index contributed by atoms with van der Waals surface area (Å²) in [5, 5.41) is 6.07. The third-order valence-corrected chi connectivity index (χ3v) is 5.72. The number of amides is 1. The molecule has 2 aromatic rings. The van der Waals surface area contributed by atoms with E-state index in [-0.39, 0.29) is 30.5 Å². The number of carbonyl (C=O) groups excluding carboxylic acids is 2. The average Bonchev–Trinajstić information content (AvgIpc) is 3.07. The Morgan fingerprint density at radius 3 is 2.34 bits per heavy atom. The zero-order valence-corrected chi connectivity index (χ0v) is 16.5. The summed E-state index contributed by atoms with van der Waals surface area (Å²) in [5.74, 6) is -0.604. The third kappa shape index (κ3) is 3.98. The van der Waals surface area contributed by atoms with Crippen LogP contribution in [0.5, 0.6) is 0 Å². The molecule has 1 aliphatic heterocycles. The van der Waals surface area contributed by atoms with Crippen LogP contribution in [0.3, 0.4) is 0 Å². The number of alkyl carbamates (subject to hydrolysis) is 1. The monoisotopic (exact) mass is 394 g/mol. The summed E-state index contributed by atoms with van der Waals surface area (Å²) in [6.45, 7) is 3.62. The number of esters is 1. The van der Waals surface area contributed by atoms with Crippen molar-refractivity contribution in [2.75, 3.05) is 26.3 Å². The minimum absolute atomic E-state index is 0.0125. The average molecular weight is 394 g/mol. The molecule has 1 saturated heterocycles. The molecule has 6 nitrogen and oxygen atoms in total. The molecule has 0 spiro atoms. The number of nitrogens with one attached hydrogen (secondary N) is 2. The molecule has 1 aliphatic carbocycles. The standard InChI is InChI=1S/C23H26N2O4/c1-2-28-22(26)19-11-12-24-13-21(19)25-23(27)29-14-20-17-9-5-3-7-15(17)16-8-4-6-10-18(16)20/h3-10,19-21,24H,2,11-14H2,1H3,(H,25,27)/t19-,21+/m1/s1. The molecule has 6 heteroatoms. The number of carbonyl (C=O) groups is 2. The first-order valence-corrected chi connectivity index (χ1v) is 10.2. The highest BCUT2D eigenvalue weighted by atomic mass is 16.5. The summed E-state index contributed by atoms with van der Waals surface area (Å²) < 4.78 is 10.8. The zero-order chi connectivity index (χ0) is 20.2. The number of fused-ring (bicyclic) bond motifs is 3. The highest BCUT2D eigenvalue weighted by molar-refractivity contribution is 5.79. The predicted molar refractivity (Wildman–Crippen MR) is 110 cm³/mol. The second-order valence-corrected chi connectivity index (χ2v) is 7.43. The first-order chi connectivity index (χ1) is 14.2. The molecule has 2 N–H and O–H groups in total. The first kappa shape index (κ1) is 19.5. The van der Waals surface area contributed by atoms with E-state index in [1.807, 2.05) is 24.3 Å². The van der Waals surface area contributed by atoms with Crippen molar-refractivity contribution in [2.24, 2.45) is 5.92 Å². The molecule has 0 saturated carbocycles. The Bertz CT molecular complexity index is 852. The van der Waals surface area contributed by atoms with Crippen molar-refractivity contribution in [3.05, 3.63) is 59.7 Å². The molecule has 2 atom stereocenters. The number of piperidine rings is 1. The van der Waals surface area contributed by atoms with Gasteiger partial charge in [0.1, 0.15) is 6.61 Å². The van der Waals surface area contributed by atoms with Crippen LogP contribution in [0.25, 0.3) is 11.1 Å². The molecule has 2 aromatic carbocycles. The van der Waals surface area contributed by atoms with E-state index in [2.05, 4.69) is 34.9 Å². The molecular formula is C23H26N2O4. The van der Waals surface area contributed by atoms with Crippen molar-refractivity contribution in [1.29, 1.82) is 0 Å². The van der Waals surface area contributed by atoms with Gasteiger partial charge in [0.15, 0.2) is 0 Å². The Kier molecular flexibility index (Phi) is 5.81. The second kappa shape index (κ2) is 8.66. The number of benzene rings is 2. The maximum atomic E-state index is 12.5. The van der Waals surface area contributed by atoms with E-state index in [9.17, 15) is 9.59 Å². The highest BCUT2D eigenvalue weighted by Crippen LogP contribution is 2.44. The largest absolute Gasteiger partial charge is 0.466 e. The van der Waals surface area contributed by atoms with Crippen LogP contribution in [0.15, 0.2) is 48.5 Å². The Morgan fingerprint density at radius 1 is 1.03 bits per heavy atom. The van der Waals surface area contributed by atoms with Crippen LogP contribution in [0, 0.1) is 5.92 Å². The van der Waals surface area contributed by atoms with Gasteiger partial charge in [-0.15, -0.1) is 0 Å². The molecule has 2 aliphatic rings. The number of hydrogen-bond donors (Lipinski definition) is 2. The van der Waals surface area contributed by atoms with Gasteiger partial charge in [-0.3, -0.25) is 4.79 Å². The second-order valence-electron chi connectivity index (χ2n) is 7.43. The lowest BCUT2D eigenvalue weighted by molar-refractivity contribution is -0.149. The van der Waals surface area contributed by atoms with Gasteiger partial charge >= 0.3 is 12.1 Å². The Morgan fingerprint density at radius 2 is 1.69 bits per heavy atom. The van der Waals surface area contributed by atoms with E-state index >= 15 is 0 Å². The van der Waals surface area contributed by atoms with Gasteiger partial charge in [0.05, 0.1) is 18.6 Å². The molecule has 1 amide bonds. The molecule has 0 radical (unpaired) electrons. The van der Waals surface area contributed by atoms with Crippen LogP contribution in [0.1, 0.15) is 30.4 Å². The smallest absolute Gasteiger partial charge is 0.407 e. The molecule has 0 aromatic heterocycles. The number of rotatable bonds is 5. The third-order valence-electron chi connectivity index (χ3n) is 5.72. The normalized spacial score (nSPS) is 20.4. The van der Waals surface area contributed by atoms with Gasteiger partial charge in [-0.2, -0.15) is 0 Å². The zero-order valence-electron chi connectivity index (χ0n) is 16.5. The van der Waals surface area contributed by atoms with Crippen LogP contribution < -0.4 is 10.6 Å². The van der Waals surface area contributed by atoms with Gasteiger partial charge in [-0.1, -0.05) is 48.5 Å². The Hall–Kier alpha value is -2.86. The van der Waals surface area contributed by atoms with Gasteiger partial charge in [-0.05, 0) is 42.1 Å². The summed E-state index contributed by atoms with van der Waals surface area (Å²) >= 11 is 0. The highest BCUT2D eigenvalue weighted by Gasteiger charge is 2.34. The molecule has 152 valence electrons. The molecule has 1 heterocycles. The van der Waals surface area contributed by atoms with Gasteiger partial charge in [0.25, 0.3) is 0 Å². The summed E-state index contributed by atoms with van der Waals surface area (Å²) in [7, 11) is 0. The number of ether oxygens (including phenoxy) is 2. The predicted octanol–water partition coefficient (Wildman–Crippen LogP) is 3.07. The van der Waals surface area contributed by atoms with Crippen molar-refractivity contribution >= 4 is 12.1 Å². The molecule has 1 fully saturated rings. The van der Waals surface area contributed by atoms with Gasteiger partial charge in [0.2, 0.25) is 0 Å². The Balaban J connectivity index is 1.41. The lowest BCUT2D eigenvalue weighted by Gasteiger charge is -2.30. The fourth-order valence-corrected chi connectivity index (χ4v) is 4.33. The molecule has 0 bridgehead atoms. The molecule has 29 heavy (non-hydrogen) atoms. The van der Waals surface area contributed by atoms with Crippen molar-refractivity contribution < 1.29 is 19.1 Å². The maximum Gasteiger partial charge on any atom is 0.407 e. The van der Waals surface area contributed by atoms with Crippen molar-refractivity contribution in [3.63, 3.8) is 0 Å². The molecule has 4 rings (SSSR count).